The van der Waals surface area contributed by atoms with Crippen LogP contribution in [0.15, 0.2) is 30.5 Å². The van der Waals surface area contributed by atoms with Gasteiger partial charge in [-0.3, -0.25) is 14.3 Å². The maximum absolute atomic E-state index is 12.3. The number of amides is 2. The number of benzene rings is 1. The molecule has 0 aliphatic carbocycles. The molecule has 0 bridgehead atoms. The summed E-state index contributed by atoms with van der Waals surface area (Å²) >= 11 is 0. The van der Waals surface area contributed by atoms with Crippen molar-refractivity contribution in [3.8, 4) is 0 Å². The van der Waals surface area contributed by atoms with Crippen LogP contribution in [0.2, 0.25) is 0 Å². The van der Waals surface area contributed by atoms with Crippen LogP contribution in [-0.4, -0.2) is 31.1 Å². The maximum atomic E-state index is 12.3. The van der Waals surface area contributed by atoms with E-state index in [1.54, 1.807) is 24.4 Å². The molecule has 0 spiro atoms. The Balaban J connectivity index is 1.80. The van der Waals surface area contributed by atoms with E-state index in [4.69, 9.17) is 5.73 Å². The van der Waals surface area contributed by atoms with Gasteiger partial charge in [0.1, 0.15) is 12.4 Å². The highest BCUT2D eigenvalue weighted by Gasteiger charge is 2.11. The standard InChI is InChI=1S/C15H16N6O2/c1-9-17-11-7-10(3-4-12(11)20(9)2)15(23)18-14-5-6-21(19-14)8-13(16)22/h3-7H,8H2,1-2H3,(H2,16,22)(H,18,19,23). The average Bonchev–Trinajstić information content (AvgIpc) is 3.03. The Morgan fingerprint density at radius 2 is 2.09 bits per heavy atom. The molecule has 3 rings (SSSR count). The van der Waals surface area contributed by atoms with Crippen molar-refractivity contribution >= 4 is 28.7 Å². The minimum absolute atomic E-state index is 0.0327. The maximum Gasteiger partial charge on any atom is 0.256 e. The monoisotopic (exact) mass is 312 g/mol. The third kappa shape index (κ3) is 2.91. The van der Waals surface area contributed by atoms with Gasteiger partial charge < -0.3 is 15.6 Å². The fourth-order valence-corrected chi connectivity index (χ4v) is 2.33. The second-order valence-corrected chi connectivity index (χ2v) is 5.24. The number of imidazole rings is 1. The van der Waals surface area contributed by atoms with Gasteiger partial charge in [-0.2, -0.15) is 5.10 Å². The first-order chi connectivity index (χ1) is 10.9. The largest absolute Gasteiger partial charge is 0.368 e. The summed E-state index contributed by atoms with van der Waals surface area (Å²) in [4.78, 5) is 27.5. The number of carbonyl (C=O) groups excluding carboxylic acids is 2. The third-order valence-corrected chi connectivity index (χ3v) is 3.57. The minimum atomic E-state index is -0.498. The van der Waals surface area contributed by atoms with Crippen LogP contribution >= 0.6 is 0 Å². The van der Waals surface area contributed by atoms with E-state index in [0.717, 1.165) is 16.9 Å². The van der Waals surface area contributed by atoms with Gasteiger partial charge in [-0.05, 0) is 25.1 Å². The van der Waals surface area contributed by atoms with Crippen molar-refractivity contribution in [2.24, 2.45) is 12.8 Å². The highest BCUT2D eigenvalue weighted by atomic mass is 16.2. The first kappa shape index (κ1) is 14.8. The molecule has 0 saturated carbocycles. The third-order valence-electron chi connectivity index (χ3n) is 3.57. The van der Waals surface area contributed by atoms with Gasteiger partial charge in [0.05, 0.1) is 11.0 Å². The molecule has 0 unspecified atom stereocenters. The molecule has 0 radical (unpaired) electrons. The molecular weight excluding hydrogens is 296 g/mol. The minimum Gasteiger partial charge on any atom is -0.368 e. The van der Waals surface area contributed by atoms with E-state index < -0.39 is 5.91 Å². The lowest BCUT2D eigenvalue weighted by atomic mass is 10.2. The predicted molar refractivity (Wildman–Crippen MR) is 84.8 cm³/mol. The number of fused-ring (bicyclic) bond motifs is 1. The SMILES string of the molecule is Cc1nc2cc(C(=O)Nc3ccn(CC(N)=O)n3)ccc2n1C. The zero-order chi connectivity index (χ0) is 16.6. The Bertz CT molecular complexity index is 908. The molecule has 0 aliphatic heterocycles. The van der Waals surface area contributed by atoms with Crippen LogP contribution in [0.1, 0.15) is 16.2 Å². The van der Waals surface area contributed by atoms with Crippen LogP contribution in [0.4, 0.5) is 5.82 Å². The number of nitrogens with one attached hydrogen (secondary N) is 1. The number of anilines is 1. The summed E-state index contributed by atoms with van der Waals surface area (Å²) in [5.41, 5.74) is 7.31. The number of aryl methyl sites for hydroxylation is 2. The number of hydrogen-bond acceptors (Lipinski definition) is 4. The molecular formula is C15H16N6O2. The molecule has 2 heterocycles. The van der Waals surface area contributed by atoms with Crippen molar-refractivity contribution in [2.45, 2.75) is 13.5 Å². The summed E-state index contributed by atoms with van der Waals surface area (Å²) in [6.07, 6.45) is 1.58. The predicted octanol–water partition coefficient (Wildman–Crippen LogP) is 0.816. The molecule has 0 aliphatic rings. The van der Waals surface area contributed by atoms with Gasteiger partial charge in [-0.15, -0.1) is 0 Å². The number of carbonyl (C=O) groups is 2. The van der Waals surface area contributed by atoms with Crippen molar-refractivity contribution in [1.29, 1.82) is 0 Å². The van der Waals surface area contributed by atoms with Crippen molar-refractivity contribution in [1.82, 2.24) is 19.3 Å². The van der Waals surface area contributed by atoms with Crippen molar-refractivity contribution in [2.75, 3.05) is 5.32 Å². The fraction of sp³-hybridized carbons (Fsp3) is 0.200. The summed E-state index contributed by atoms with van der Waals surface area (Å²) < 4.78 is 3.33. The molecule has 0 fully saturated rings. The smallest absolute Gasteiger partial charge is 0.256 e. The second-order valence-electron chi connectivity index (χ2n) is 5.24. The summed E-state index contributed by atoms with van der Waals surface area (Å²) in [6, 6.07) is 6.93. The summed E-state index contributed by atoms with van der Waals surface area (Å²) in [7, 11) is 1.93. The molecule has 0 saturated heterocycles. The molecule has 2 aromatic heterocycles. The van der Waals surface area contributed by atoms with E-state index in [9.17, 15) is 9.59 Å². The molecule has 1 aromatic carbocycles. The number of primary amides is 1. The van der Waals surface area contributed by atoms with Gasteiger partial charge in [0.15, 0.2) is 5.82 Å². The molecule has 2 amide bonds. The van der Waals surface area contributed by atoms with Crippen LogP contribution in [0.5, 0.6) is 0 Å². The van der Waals surface area contributed by atoms with Crippen LogP contribution in [0.3, 0.4) is 0 Å². The fourth-order valence-electron chi connectivity index (χ4n) is 2.33. The van der Waals surface area contributed by atoms with Crippen molar-refractivity contribution < 1.29 is 9.59 Å². The van der Waals surface area contributed by atoms with Gasteiger partial charge in [-0.1, -0.05) is 0 Å². The molecule has 8 nitrogen and oxygen atoms in total. The Kier molecular flexibility index (Phi) is 3.57. The number of nitrogens with zero attached hydrogens (tertiary/aromatic N) is 4. The van der Waals surface area contributed by atoms with Crippen LogP contribution in [-0.2, 0) is 18.4 Å². The van der Waals surface area contributed by atoms with Crippen LogP contribution in [0.25, 0.3) is 11.0 Å². The second kappa shape index (κ2) is 5.56. The first-order valence-corrected chi connectivity index (χ1v) is 7.00. The Morgan fingerprint density at radius 1 is 1.30 bits per heavy atom. The Morgan fingerprint density at radius 3 is 2.83 bits per heavy atom. The molecule has 3 N–H and O–H groups in total. The van der Waals surface area contributed by atoms with Gasteiger partial charge >= 0.3 is 0 Å². The summed E-state index contributed by atoms with van der Waals surface area (Å²) in [6.45, 7) is 1.88. The van der Waals surface area contributed by atoms with E-state index in [2.05, 4.69) is 15.4 Å². The lowest BCUT2D eigenvalue weighted by Crippen LogP contribution is -2.19. The normalized spacial score (nSPS) is 10.9. The molecule has 23 heavy (non-hydrogen) atoms. The average molecular weight is 312 g/mol. The lowest BCUT2D eigenvalue weighted by Gasteiger charge is -2.03. The lowest BCUT2D eigenvalue weighted by molar-refractivity contribution is -0.118. The van der Waals surface area contributed by atoms with Gasteiger partial charge in [0, 0.05) is 24.9 Å². The number of nitrogens with two attached hydrogens (primary N) is 1. The van der Waals surface area contributed by atoms with Crippen molar-refractivity contribution in [3.05, 3.63) is 41.9 Å². The van der Waals surface area contributed by atoms with Gasteiger partial charge in [0.2, 0.25) is 5.91 Å². The van der Waals surface area contributed by atoms with Crippen LogP contribution in [0, 0.1) is 6.92 Å². The molecule has 8 heteroatoms. The number of rotatable bonds is 4. The molecule has 0 atom stereocenters. The van der Waals surface area contributed by atoms with Crippen molar-refractivity contribution in [3.63, 3.8) is 0 Å². The zero-order valence-corrected chi connectivity index (χ0v) is 12.8. The highest BCUT2D eigenvalue weighted by molar-refractivity contribution is 6.05. The van der Waals surface area contributed by atoms with E-state index in [0.29, 0.717) is 11.4 Å². The van der Waals surface area contributed by atoms with Crippen LogP contribution < -0.4 is 11.1 Å². The van der Waals surface area contributed by atoms with Gasteiger partial charge in [-0.25, -0.2) is 4.98 Å². The first-order valence-electron chi connectivity index (χ1n) is 7.00. The quantitative estimate of drug-likeness (QED) is 0.743. The molecule has 3 aromatic rings. The molecule has 118 valence electrons. The Hall–Kier alpha value is -3.16. The topological polar surface area (TPSA) is 108 Å². The number of aromatic nitrogens is 4. The zero-order valence-electron chi connectivity index (χ0n) is 12.8. The summed E-state index contributed by atoms with van der Waals surface area (Å²) in [5, 5.41) is 6.74. The van der Waals surface area contributed by atoms with E-state index in [-0.39, 0.29) is 12.5 Å². The van der Waals surface area contributed by atoms with Gasteiger partial charge in [0.25, 0.3) is 5.91 Å². The van der Waals surface area contributed by atoms with E-state index in [1.165, 1.54) is 4.68 Å². The van der Waals surface area contributed by atoms with E-state index >= 15 is 0 Å². The van der Waals surface area contributed by atoms with E-state index in [1.807, 2.05) is 24.6 Å². The highest BCUT2D eigenvalue weighted by Crippen LogP contribution is 2.17. The summed E-state index contributed by atoms with van der Waals surface area (Å²) in [5.74, 6) is 0.442. The Labute approximate surface area is 131 Å². The number of hydrogen-bond donors (Lipinski definition) is 2.